The van der Waals surface area contributed by atoms with Crippen LogP contribution < -0.4 is 0 Å². The van der Waals surface area contributed by atoms with Crippen LogP contribution in [0.25, 0.3) is 0 Å². The highest BCUT2D eigenvalue weighted by Gasteiger charge is 2.15. The van der Waals surface area contributed by atoms with Crippen LogP contribution in [0.15, 0.2) is 23.8 Å². The number of hydrogen-bond acceptors (Lipinski definition) is 2. The lowest BCUT2D eigenvalue weighted by Gasteiger charge is -1.98. The fourth-order valence-corrected chi connectivity index (χ4v) is 1.23. The first-order valence-corrected chi connectivity index (χ1v) is 4.35. The zero-order valence-corrected chi connectivity index (χ0v) is 7.32. The van der Waals surface area contributed by atoms with Gasteiger partial charge in [0.2, 0.25) is 0 Å². The fourth-order valence-electron chi connectivity index (χ4n) is 1.23. The number of hydrogen-bond donors (Lipinski definition) is 1. The van der Waals surface area contributed by atoms with Crippen molar-refractivity contribution in [3.05, 3.63) is 23.8 Å². The molecule has 0 aromatic heterocycles. The van der Waals surface area contributed by atoms with Crippen LogP contribution in [0.5, 0.6) is 0 Å². The third kappa shape index (κ3) is 2.86. The van der Waals surface area contributed by atoms with E-state index in [1.165, 1.54) is 6.08 Å². The van der Waals surface area contributed by atoms with Crippen molar-refractivity contribution < 1.29 is 14.7 Å². The number of aliphatic carboxylic acids is 1. The van der Waals surface area contributed by atoms with Gasteiger partial charge in [-0.2, -0.15) is 0 Å². The maximum Gasteiger partial charge on any atom is 0.339 e. The molecule has 0 spiro atoms. The van der Waals surface area contributed by atoms with E-state index in [0.29, 0.717) is 6.42 Å². The Balaban J connectivity index is 2.83. The van der Waals surface area contributed by atoms with Crippen molar-refractivity contribution in [2.24, 2.45) is 0 Å². The highest BCUT2D eigenvalue weighted by molar-refractivity contribution is 6.16. The van der Waals surface area contributed by atoms with E-state index in [0.717, 1.165) is 19.3 Å². The quantitative estimate of drug-likeness (QED) is 0.625. The standard InChI is InChI=1S/C10H12O3/c11-9-7-5-3-1-2-4-6-8(9)10(12)13/h2,4,6H,1,3,5,7H2,(H,12,13)/b4-2-,8-6-. The number of carbonyl (C=O) groups is 2. The molecule has 1 rings (SSSR count). The van der Waals surface area contributed by atoms with Crippen molar-refractivity contribution in [3.8, 4) is 0 Å². The fraction of sp³-hybridized carbons (Fsp3) is 0.400. The summed E-state index contributed by atoms with van der Waals surface area (Å²) in [5, 5.41) is 8.69. The smallest absolute Gasteiger partial charge is 0.339 e. The molecule has 0 aromatic carbocycles. The molecule has 0 saturated carbocycles. The van der Waals surface area contributed by atoms with Gasteiger partial charge in [0.15, 0.2) is 5.78 Å². The van der Waals surface area contributed by atoms with Crippen LogP contribution in [0.4, 0.5) is 0 Å². The SMILES string of the molecule is O=C(O)/C1=C\C=C/CCCCC1=O. The van der Waals surface area contributed by atoms with E-state index < -0.39 is 5.97 Å². The molecule has 0 unspecified atom stereocenters. The van der Waals surface area contributed by atoms with Gasteiger partial charge < -0.3 is 5.11 Å². The number of Topliss-reactive ketones (excluding diaryl/α,β-unsaturated/α-hetero) is 1. The van der Waals surface area contributed by atoms with Gasteiger partial charge in [0.1, 0.15) is 5.57 Å². The highest BCUT2D eigenvalue weighted by atomic mass is 16.4. The van der Waals surface area contributed by atoms with Gasteiger partial charge in [0.25, 0.3) is 0 Å². The lowest BCUT2D eigenvalue weighted by molar-refractivity contribution is -0.134. The number of ketones is 1. The van der Waals surface area contributed by atoms with Crippen LogP contribution in [-0.2, 0) is 9.59 Å². The minimum atomic E-state index is -1.13. The van der Waals surface area contributed by atoms with Gasteiger partial charge in [-0.3, -0.25) is 4.79 Å². The number of carbonyl (C=O) groups excluding carboxylic acids is 1. The molecule has 0 saturated heterocycles. The molecule has 70 valence electrons. The van der Waals surface area contributed by atoms with Gasteiger partial charge in [-0.1, -0.05) is 12.2 Å². The van der Waals surface area contributed by atoms with Gasteiger partial charge >= 0.3 is 5.97 Å². The zero-order chi connectivity index (χ0) is 9.68. The van der Waals surface area contributed by atoms with Crippen molar-refractivity contribution in [1.82, 2.24) is 0 Å². The number of allylic oxidation sites excluding steroid dienone is 3. The Morgan fingerprint density at radius 2 is 2.15 bits per heavy atom. The van der Waals surface area contributed by atoms with E-state index in [1.54, 1.807) is 6.08 Å². The minimum absolute atomic E-state index is 0.0989. The third-order valence-corrected chi connectivity index (χ3v) is 1.95. The molecule has 0 radical (unpaired) electrons. The van der Waals surface area contributed by atoms with Crippen LogP contribution in [0, 0.1) is 0 Å². The molecule has 0 heterocycles. The third-order valence-electron chi connectivity index (χ3n) is 1.95. The molecule has 3 heteroatoms. The number of carboxylic acid groups (broad SMARTS) is 1. The molecule has 0 aromatic rings. The molecule has 1 N–H and O–H groups in total. The monoisotopic (exact) mass is 180 g/mol. The molecule has 1 aliphatic carbocycles. The molecule has 0 aliphatic heterocycles. The Kier molecular flexibility index (Phi) is 3.43. The molecule has 3 nitrogen and oxygen atoms in total. The van der Waals surface area contributed by atoms with E-state index in [1.807, 2.05) is 6.08 Å². The lowest BCUT2D eigenvalue weighted by atomic mass is 10.1. The second-order valence-corrected chi connectivity index (χ2v) is 2.98. The summed E-state index contributed by atoms with van der Waals surface area (Å²) < 4.78 is 0. The maximum absolute atomic E-state index is 11.3. The van der Waals surface area contributed by atoms with Gasteiger partial charge in [-0.25, -0.2) is 4.79 Å². The van der Waals surface area contributed by atoms with Crippen LogP contribution in [-0.4, -0.2) is 16.9 Å². The molecule has 0 fully saturated rings. The lowest BCUT2D eigenvalue weighted by Crippen LogP contribution is -2.11. The topological polar surface area (TPSA) is 54.4 Å². The van der Waals surface area contributed by atoms with Gasteiger partial charge in [-0.15, -0.1) is 0 Å². The second kappa shape index (κ2) is 4.60. The molecular formula is C10H12O3. The average molecular weight is 180 g/mol. The maximum atomic E-state index is 11.3. The van der Waals surface area contributed by atoms with Crippen molar-refractivity contribution in [1.29, 1.82) is 0 Å². The number of carboxylic acids is 1. The summed E-state index contributed by atoms with van der Waals surface area (Å²) in [6, 6.07) is 0. The first kappa shape index (κ1) is 9.71. The van der Waals surface area contributed by atoms with Gasteiger partial charge in [0.05, 0.1) is 0 Å². The summed E-state index contributed by atoms with van der Waals surface area (Å²) in [6.45, 7) is 0. The molecular weight excluding hydrogens is 168 g/mol. The minimum Gasteiger partial charge on any atom is -0.478 e. The largest absolute Gasteiger partial charge is 0.478 e. The molecule has 0 bridgehead atoms. The normalized spacial score (nSPS) is 24.9. The Hall–Kier alpha value is -1.38. The summed E-state index contributed by atoms with van der Waals surface area (Å²) in [5.74, 6) is -1.39. The van der Waals surface area contributed by atoms with E-state index >= 15 is 0 Å². The summed E-state index contributed by atoms with van der Waals surface area (Å²) >= 11 is 0. The molecule has 0 atom stereocenters. The molecule has 13 heavy (non-hydrogen) atoms. The van der Waals surface area contributed by atoms with E-state index in [2.05, 4.69) is 0 Å². The van der Waals surface area contributed by atoms with Crippen LogP contribution >= 0.6 is 0 Å². The molecule has 0 amide bonds. The Bertz CT molecular complexity index is 274. The van der Waals surface area contributed by atoms with Crippen LogP contribution in [0.2, 0.25) is 0 Å². The van der Waals surface area contributed by atoms with E-state index in [-0.39, 0.29) is 11.4 Å². The van der Waals surface area contributed by atoms with Gasteiger partial charge in [0, 0.05) is 6.42 Å². The highest BCUT2D eigenvalue weighted by Crippen LogP contribution is 2.10. The summed E-state index contributed by atoms with van der Waals surface area (Å²) in [5.41, 5.74) is -0.0989. The zero-order valence-electron chi connectivity index (χ0n) is 7.32. The Morgan fingerprint density at radius 1 is 1.38 bits per heavy atom. The predicted octanol–water partition coefficient (Wildman–Crippen LogP) is 1.70. The van der Waals surface area contributed by atoms with Crippen molar-refractivity contribution in [2.45, 2.75) is 25.7 Å². The van der Waals surface area contributed by atoms with E-state index in [9.17, 15) is 9.59 Å². The second-order valence-electron chi connectivity index (χ2n) is 2.98. The van der Waals surface area contributed by atoms with E-state index in [4.69, 9.17) is 5.11 Å². The van der Waals surface area contributed by atoms with Crippen molar-refractivity contribution >= 4 is 11.8 Å². The first-order chi connectivity index (χ1) is 6.22. The number of rotatable bonds is 1. The average Bonchev–Trinajstić information content (AvgIpc) is 2.16. The first-order valence-electron chi connectivity index (χ1n) is 4.35. The van der Waals surface area contributed by atoms with Crippen LogP contribution in [0.1, 0.15) is 25.7 Å². The van der Waals surface area contributed by atoms with Crippen LogP contribution in [0.3, 0.4) is 0 Å². The summed E-state index contributed by atoms with van der Waals surface area (Å²) in [6.07, 6.45) is 7.90. The summed E-state index contributed by atoms with van der Waals surface area (Å²) in [7, 11) is 0. The predicted molar refractivity (Wildman–Crippen MR) is 48.3 cm³/mol. The van der Waals surface area contributed by atoms with Gasteiger partial charge in [-0.05, 0) is 25.3 Å². The Morgan fingerprint density at radius 3 is 2.85 bits per heavy atom. The van der Waals surface area contributed by atoms with Crippen molar-refractivity contribution in [2.75, 3.05) is 0 Å². The molecule has 1 aliphatic rings. The summed E-state index contributed by atoms with van der Waals surface area (Å²) in [4.78, 5) is 21.9. The van der Waals surface area contributed by atoms with Crippen molar-refractivity contribution in [3.63, 3.8) is 0 Å². The Labute approximate surface area is 76.8 Å².